The molecule has 0 radical (unpaired) electrons. The largest absolute Gasteiger partial charge is 0.497 e. The van der Waals surface area contributed by atoms with Crippen LogP contribution < -0.4 is 10.1 Å². The van der Waals surface area contributed by atoms with Crippen LogP contribution in [0.25, 0.3) is 0 Å². The van der Waals surface area contributed by atoms with E-state index in [1.54, 1.807) is 7.11 Å². The van der Waals surface area contributed by atoms with Crippen molar-refractivity contribution in [2.45, 2.75) is 32.4 Å². The number of hydrogen-bond acceptors (Lipinski definition) is 3. The third kappa shape index (κ3) is 3.75. The highest BCUT2D eigenvalue weighted by Gasteiger charge is 2.17. The highest BCUT2D eigenvalue weighted by atomic mass is 16.5. The van der Waals surface area contributed by atoms with E-state index >= 15 is 0 Å². The Morgan fingerprint density at radius 2 is 2.00 bits per heavy atom. The number of carboxylic acid groups (broad SMARTS) is 1. The second-order valence-electron chi connectivity index (χ2n) is 3.96. The van der Waals surface area contributed by atoms with Gasteiger partial charge < -0.3 is 9.84 Å². The zero-order chi connectivity index (χ0) is 12.8. The minimum absolute atomic E-state index is 0.00181. The molecule has 1 aromatic rings. The Bertz CT molecular complexity index is 361. The van der Waals surface area contributed by atoms with E-state index in [4.69, 9.17) is 9.84 Å². The van der Waals surface area contributed by atoms with E-state index in [0.717, 1.165) is 11.3 Å². The molecule has 0 aliphatic rings. The van der Waals surface area contributed by atoms with E-state index in [-0.39, 0.29) is 6.04 Å². The molecule has 1 rings (SSSR count). The third-order valence-electron chi connectivity index (χ3n) is 2.77. The maximum atomic E-state index is 10.9. The molecule has 0 heterocycles. The first kappa shape index (κ1) is 13.5. The molecule has 4 heteroatoms. The lowest BCUT2D eigenvalue weighted by atomic mass is 10.1. The van der Waals surface area contributed by atoms with Crippen LogP contribution in [0.4, 0.5) is 0 Å². The van der Waals surface area contributed by atoms with Crippen LogP contribution in [-0.2, 0) is 4.79 Å². The van der Waals surface area contributed by atoms with E-state index < -0.39 is 12.0 Å². The highest BCUT2D eigenvalue weighted by Crippen LogP contribution is 2.18. The van der Waals surface area contributed by atoms with Crippen molar-refractivity contribution in [3.8, 4) is 5.75 Å². The van der Waals surface area contributed by atoms with Crippen LogP contribution >= 0.6 is 0 Å². The number of carbonyl (C=O) groups is 1. The highest BCUT2D eigenvalue weighted by molar-refractivity contribution is 5.73. The Morgan fingerprint density at radius 1 is 1.41 bits per heavy atom. The van der Waals surface area contributed by atoms with E-state index in [1.165, 1.54) is 0 Å². The summed E-state index contributed by atoms with van der Waals surface area (Å²) in [7, 11) is 1.62. The molecule has 94 valence electrons. The van der Waals surface area contributed by atoms with Gasteiger partial charge >= 0.3 is 5.97 Å². The molecule has 2 unspecified atom stereocenters. The summed E-state index contributed by atoms with van der Waals surface area (Å²) in [6, 6.07) is 7.11. The number of nitrogens with one attached hydrogen (secondary N) is 1. The molecule has 2 atom stereocenters. The van der Waals surface area contributed by atoms with Crippen LogP contribution in [-0.4, -0.2) is 24.2 Å². The molecular formula is C13H19NO3. The molecule has 4 nitrogen and oxygen atoms in total. The van der Waals surface area contributed by atoms with Gasteiger partial charge in [-0.2, -0.15) is 0 Å². The predicted octanol–water partition coefficient (Wildman–Crippen LogP) is 2.21. The average molecular weight is 237 g/mol. The zero-order valence-electron chi connectivity index (χ0n) is 10.4. The molecule has 1 aromatic carbocycles. The quantitative estimate of drug-likeness (QED) is 0.796. The van der Waals surface area contributed by atoms with Crippen LogP contribution in [0, 0.1) is 0 Å². The first-order chi connectivity index (χ1) is 8.08. The minimum atomic E-state index is -0.812. The Hall–Kier alpha value is -1.55. The Labute approximate surface area is 102 Å². The molecule has 0 spiro atoms. The first-order valence-electron chi connectivity index (χ1n) is 5.71. The Kier molecular flexibility index (Phi) is 4.97. The summed E-state index contributed by atoms with van der Waals surface area (Å²) < 4.78 is 5.07. The third-order valence-corrected chi connectivity index (χ3v) is 2.77. The van der Waals surface area contributed by atoms with Gasteiger partial charge in [-0.25, -0.2) is 0 Å². The van der Waals surface area contributed by atoms with Crippen LogP contribution in [0.2, 0.25) is 0 Å². The van der Waals surface area contributed by atoms with Gasteiger partial charge in [-0.1, -0.05) is 19.1 Å². The van der Waals surface area contributed by atoms with E-state index in [9.17, 15) is 4.79 Å². The smallest absolute Gasteiger partial charge is 0.320 e. The molecular weight excluding hydrogens is 218 g/mol. The van der Waals surface area contributed by atoms with Gasteiger partial charge in [-0.05, 0) is 31.0 Å². The summed E-state index contributed by atoms with van der Waals surface area (Å²) in [4.78, 5) is 10.9. The monoisotopic (exact) mass is 237 g/mol. The van der Waals surface area contributed by atoms with Gasteiger partial charge in [0.25, 0.3) is 0 Å². The lowest BCUT2D eigenvalue weighted by molar-refractivity contribution is -0.139. The van der Waals surface area contributed by atoms with Crippen molar-refractivity contribution >= 4 is 5.97 Å². The van der Waals surface area contributed by atoms with Crippen molar-refractivity contribution in [1.29, 1.82) is 0 Å². The van der Waals surface area contributed by atoms with Crippen molar-refractivity contribution in [2.75, 3.05) is 7.11 Å². The minimum Gasteiger partial charge on any atom is -0.497 e. The second kappa shape index (κ2) is 6.25. The van der Waals surface area contributed by atoms with Crippen LogP contribution in [0.5, 0.6) is 5.75 Å². The van der Waals surface area contributed by atoms with Crippen molar-refractivity contribution in [2.24, 2.45) is 0 Å². The first-order valence-corrected chi connectivity index (χ1v) is 5.71. The van der Waals surface area contributed by atoms with Gasteiger partial charge in [0.2, 0.25) is 0 Å². The van der Waals surface area contributed by atoms with Gasteiger partial charge in [-0.3, -0.25) is 10.1 Å². The molecule has 0 amide bonds. The van der Waals surface area contributed by atoms with Crippen LogP contribution in [0.3, 0.4) is 0 Å². The normalized spacial score (nSPS) is 14.1. The fourth-order valence-corrected chi connectivity index (χ4v) is 1.65. The second-order valence-corrected chi connectivity index (χ2v) is 3.96. The number of hydrogen-bond donors (Lipinski definition) is 2. The van der Waals surface area contributed by atoms with E-state index in [2.05, 4.69) is 5.32 Å². The lowest BCUT2D eigenvalue weighted by Gasteiger charge is -2.19. The number of benzene rings is 1. The molecule has 0 aliphatic carbocycles. The molecule has 0 fully saturated rings. The molecule has 0 bridgehead atoms. The summed E-state index contributed by atoms with van der Waals surface area (Å²) in [6.45, 7) is 3.81. The van der Waals surface area contributed by atoms with Gasteiger partial charge in [0.1, 0.15) is 11.8 Å². The summed E-state index contributed by atoms with van der Waals surface area (Å²) in [6.07, 6.45) is 0.565. The van der Waals surface area contributed by atoms with E-state index in [1.807, 2.05) is 38.1 Å². The molecule has 0 saturated carbocycles. The Balaban J connectivity index is 2.68. The van der Waals surface area contributed by atoms with Gasteiger partial charge in [0.05, 0.1) is 7.11 Å². The number of carboxylic acids is 1. The maximum Gasteiger partial charge on any atom is 0.320 e. The SMILES string of the molecule is CCC(NC(C)c1ccc(OC)cc1)C(=O)O. The molecule has 0 aliphatic heterocycles. The average Bonchev–Trinajstić information content (AvgIpc) is 2.35. The fourth-order valence-electron chi connectivity index (χ4n) is 1.65. The van der Waals surface area contributed by atoms with Crippen molar-refractivity contribution in [3.05, 3.63) is 29.8 Å². The van der Waals surface area contributed by atoms with Crippen LogP contribution in [0.15, 0.2) is 24.3 Å². The van der Waals surface area contributed by atoms with Crippen molar-refractivity contribution in [1.82, 2.24) is 5.32 Å². The number of ether oxygens (including phenoxy) is 1. The van der Waals surface area contributed by atoms with Crippen LogP contribution in [0.1, 0.15) is 31.9 Å². The molecule has 0 saturated heterocycles. The van der Waals surface area contributed by atoms with Gasteiger partial charge in [-0.15, -0.1) is 0 Å². The number of rotatable bonds is 6. The predicted molar refractivity (Wildman–Crippen MR) is 66.3 cm³/mol. The lowest BCUT2D eigenvalue weighted by Crippen LogP contribution is -2.37. The number of methoxy groups -OCH3 is 1. The topological polar surface area (TPSA) is 58.6 Å². The fraction of sp³-hybridized carbons (Fsp3) is 0.462. The molecule has 17 heavy (non-hydrogen) atoms. The summed E-state index contributed by atoms with van der Waals surface area (Å²) >= 11 is 0. The summed E-state index contributed by atoms with van der Waals surface area (Å²) in [5.74, 6) is -0.0147. The van der Waals surface area contributed by atoms with E-state index in [0.29, 0.717) is 6.42 Å². The zero-order valence-corrected chi connectivity index (χ0v) is 10.4. The van der Waals surface area contributed by atoms with Gasteiger partial charge in [0, 0.05) is 6.04 Å². The molecule has 0 aromatic heterocycles. The summed E-state index contributed by atoms with van der Waals surface area (Å²) in [5.41, 5.74) is 1.05. The van der Waals surface area contributed by atoms with Gasteiger partial charge in [0.15, 0.2) is 0 Å². The number of aliphatic carboxylic acids is 1. The standard InChI is InChI=1S/C13H19NO3/c1-4-12(13(15)16)14-9(2)10-5-7-11(17-3)8-6-10/h5-9,12,14H,4H2,1-3H3,(H,15,16). The van der Waals surface area contributed by atoms with Crippen molar-refractivity contribution < 1.29 is 14.6 Å². The summed E-state index contributed by atoms with van der Waals surface area (Å²) in [5, 5.41) is 12.0. The maximum absolute atomic E-state index is 10.9. The Morgan fingerprint density at radius 3 is 2.41 bits per heavy atom. The molecule has 2 N–H and O–H groups in total. The van der Waals surface area contributed by atoms with Crippen molar-refractivity contribution in [3.63, 3.8) is 0 Å².